The van der Waals surface area contributed by atoms with E-state index >= 15 is 0 Å². The Morgan fingerprint density at radius 3 is 1.89 bits per heavy atom. The van der Waals surface area contributed by atoms with Gasteiger partial charge >= 0.3 is 12.1 Å². The fourth-order valence-corrected chi connectivity index (χ4v) is 1.78. The third-order valence-corrected chi connectivity index (χ3v) is 3.16. The molecule has 152 valence electrons. The Bertz CT molecular complexity index is 694. The summed E-state index contributed by atoms with van der Waals surface area (Å²) in [6, 6.07) is 9.00. The Labute approximate surface area is 160 Å². The number of alkyl carbamates (subject to hydrolysis) is 1. The van der Waals surface area contributed by atoms with Gasteiger partial charge in [-0.15, -0.1) is 0 Å². The van der Waals surface area contributed by atoms with Crippen LogP contribution in [-0.2, 0) is 30.5 Å². The van der Waals surface area contributed by atoms with Gasteiger partial charge in [0.15, 0.2) is 0 Å². The molecule has 0 aromatic heterocycles. The van der Waals surface area contributed by atoms with E-state index in [4.69, 9.17) is 9.84 Å². The molecule has 1 aromatic carbocycles. The van der Waals surface area contributed by atoms with Crippen LogP contribution < -0.4 is 21.3 Å². The second-order valence-electron chi connectivity index (χ2n) is 5.46. The zero-order chi connectivity index (χ0) is 20.8. The van der Waals surface area contributed by atoms with E-state index in [1.165, 1.54) is 0 Å². The van der Waals surface area contributed by atoms with Crippen LogP contribution in [0.1, 0.15) is 12.0 Å². The van der Waals surface area contributed by atoms with Crippen LogP contribution >= 0.6 is 0 Å². The molecule has 0 fully saturated rings. The van der Waals surface area contributed by atoms with E-state index in [9.17, 15) is 24.0 Å². The summed E-state index contributed by atoms with van der Waals surface area (Å²) in [6.07, 6.45) is -1.00. The van der Waals surface area contributed by atoms with Crippen molar-refractivity contribution < 1.29 is 33.8 Å². The monoisotopic (exact) mass is 394 g/mol. The number of carboxylic acids is 1. The van der Waals surface area contributed by atoms with Crippen LogP contribution in [0, 0.1) is 0 Å². The lowest BCUT2D eigenvalue weighted by Gasteiger charge is -2.09. The number of rotatable bonds is 11. The fraction of sp³-hybridized carbons (Fsp3) is 0.353. The lowest BCUT2D eigenvalue weighted by Crippen LogP contribution is -2.44. The second-order valence-corrected chi connectivity index (χ2v) is 5.46. The van der Waals surface area contributed by atoms with Gasteiger partial charge < -0.3 is 31.1 Å². The minimum absolute atomic E-state index is 0.0488. The molecule has 1 rings (SSSR count). The maximum atomic E-state index is 11.6. The molecule has 0 aliphatic rings. The van der Waals surface area contributed by atoms with Gasteiger partial charge in [0.2, 0.25) is 17.7 Å². The number of hydrogen-bond donors (Lipinski definition) is 5. The largest absolute Gasteiger partial charge is 0.481 e. The molecule has 0 bridgehead atoms. The van der Waals surface area contributed by atoms with E-state index < -0.39 is 29.8 Å². The molecule has 0 spiro atoms. The molecule has 0 saturated carbocycles. The van der Waals surface area contributed by atoms with Gasteiger partial charge in [-0.2, -0.15) is 0 Å². The first kappa shape index (κ1) is 22.4. The molecule has 0 aliphatic carbocycles. The molecule has 11 nitrogen and oxygen atoms in total. The van der Waals surface area contributed by atoms with Crippen LogP contribution in [0.5, 0.6) is 0 Å². The molecule has 0 radical (unpaired) electrons. The molecule has 4 amide bonds. The molecule has 5 N–H and O–H groups in total. The van der Waals surface area contributed by atoms with Crippen LogP contribution in [-0.4, -0.2) is 61.1 Å². The summed E-state index contributed by atoms with van der Waals surface area (Å²) in [5.41, 5.74) is 0.797. The molecule has 28 heavy (non-hydrogen) atoms. The van der Waals surface area contributed by atoms with Crippen molar-refractivity contribution in [2.75, 3.05) is 26.2 Å². The molecular weight excluding hydrogens is 372 g/mol. The number of hydrogen-bond acceptors (Lipinski definition) is 6. The molecule has 0 unspecified atom stereocenters. The zero-order valence-corrected chi connectivity index (χ0v) is 15.0. The quantitative estimate of drug-likeness (QED) is 0.313. The van der Waals surface area contributed by atoms with Gasteiger partial charge in [-0.1, -0.05) is 30.3 Å². The molecule has 11 heteroatoms. The average molecular weight is 394 g/mol. The summed E-state index contributed by atoms with van der Waals surface area (Å²) in [5, 5.41) is 17.5. The topological polar surface area (TPSA) is 163 Å². The molecular formula is C17H22N4O7. The van der Waals surface area contributed by atoms with E-state index in [2.05, 4.69) is 21.3 Å². The fourth-order valence-electron chi connectivity index (χ4n) is 1.78. The minimum atomic E-state index is -1.05. The Morgan fingerprint density at radius 2 is 1.32 bits per heavy atom. The standard InChI is InChI=1S/C17H22N4O7/c22-13(18-7-6-16(25)26)8-19-14(23)9-20-15(24)10-21-17(27)28-11-12-4-2-1-3-5-12/h1-5H,6-11H2,(H,18,22)(H,19,23)(H,20,24)(H,21,27)(H,25,26). The van der Waals surface area contributed by atoms with E-state index in [1.54, 1.807) is 24.3 Å². The first-order chi connectivity index (χ1) is 13.4. The van der Waals surface area contributed by atoms with Crippen molar-refractivity contribution in [1.29, 1.82) is 0 Å². The number of ether oxygens (including phenoxy) is 1. The predicted octanol–water partition coefficient (Wildman–Crippen LogP) is -1.26. The summed E-state index contributed by atoms with van der Waals surface area (Å²) in [4.78, 5) is 56.2. The maximum absolute atomic E-state index is 11.6. The highest BCUT2D eigenvalue weighted by atomic mass is 16.5. The predicted molar refractivity (Wildman–Crippen MR) is 95.9 cm³/mol. The van der Waals surface area contributed by atoms with Gasteiger partial charge in [-0.3, -0.25) is 19.2 Å². The SMILES string of the molecule is O=C(O)CCNC(=O)CNC(=O)CNC(=O)CNC(=O)OCc1ccccc1. The maximum Gasteiger partial charge on any atom is 0.407 e. The number of carbonyl (C=O) groups excluding carboxylic acids is 4. The third kappa shape index (κ3) is 11.1. The van der Waals surface area contributed by atoms with Crippen LogP contribution in [0.15, 0.2) is 30.3 Å². The van der Waals surface area contributed by atoms with Gasteiger partial charge in [0, 0.05) is 6.54 Å². The van der Waals surface area contributed by atoms with Crippen molar-refractivity contribution in [2.24, 2.45) is 0 Å². The zero-order valence-electron chi connectivity index (χ0n) is 15.0. The summed E-state index contributed by atoms with van der Waals surface area (Å²) in [6.45, 7) is -1.10. The molecule has 0 heterocycles. The Balaban J connectivity index is 2.10. The summed E-state index contributed by atoms with van der Waals surface area (Å²) in [5.74, 6) is -2.83. The first-order valence-electron chi connectivity index (χ1n) is 8.33. The van der Waals surface area contributed by atoms with Crippen LogP contribution in [0.25, 0.3) is 0 Å². The van der Waals surface area contributed by atoms with E-state index in [0.717, 1.165) is 5.56 Å². The number of benzene rings is 1. The molecule has 0 saturated heterocycles. The Kier molecular flexibility index (Phi) is 10.1. The van der Waals surface area contributed by atoms with E-state index in [0.29, 0.717) is 0 Å². The Morgan fingerprint density at radius 1 is 0.786 bits per heavy atom. The second kappa shape index (κ2) is 12.7. The highest BCUT2D eigenvalue weighted by Gasteiger charge is 2.10. The number of amides is 4. The number of carboxylic acid groups (broad SMARTS) is 1. The van der Waals surface area contributed by atoms with Crippen LogP contribution in [0.2, 0.25) is 0 Å². The summed E-state index contributed by atoms with van der Waals surface area (Å²) in [7, 11) is 0. The average Bonchev–Trinajstić information content (AvgIpc) is 2.68. The summed E-state index contributed by atoms with van der Waals surface area (Å²) < 4.78 is 4.93. The highest BCUT2D eigenvalue weighted by molar-refractivity contribution is 5.89. The Hall–Kier alpha value is -3.63. The summed E-state index contributed by atoms with van der Waals surface area (Å²) >= 11 is 0. The van der Waals surface area contributed by atoms with Crippen molar-refractivity contribution in [2.45, 2.75) is 13.0 Å². The van der Waals surface area contributed by atoms with Gasteiger partial charge in [0.25, 0.3) is 0 Å². The minimum Gasteiger partial charge on any atom is -0.481 e. The van der Waals surface area contributed by atoms with Gasteiger partial charge in [-0.05, 0) is 5.56 Å². The molecule has 1 aromatic rings. The van der Waals surface area contributed by atoms with Crippen LogP contribution in [0.3, 0.4) is 0 Å². The van der Waals surface area contributed by atoms with Gasteiger partial charge in [0.05, 0.1) is 19.5 Å². The van der Waals surface area contributed by atoms with Crippen molar-refractivity contribution in [3.8, 4) is 0 Å². The van der Waals surface area contributed by atoms with Crippen molar-refractivity contribution in [3.05, 3.63) is 35.9 Å². The lowest BCUT2D eigenvalue weighted by molar-refractivity contribution is -0.137. The highest BCUT2D eigenvalue weighted by Crippen LogP contribution is 2.00. The number of carbonyl (C=O) groups is 5. The van der Waals surface area contributed by atoms with Crippen molar-refractivity contribution in [3.63, 3.8) is 0 Å². The number of nitrogens with one attached hydrogen (secondary N) is 4. The van der Waals surface area contributed by atoms with E-state index in [-0.39, 0.29) is 39.2 Å². The van der Waals surface area contributed by atoms with Gasteiger partial charge in [-0.25, -0.2) is 4.79 Å². The van der Waals surface area contributed by atoms with Crippen LogP contribution in [0.4, 0.5) is 4.79 Å². The number of aliphatic carboxylic acids is 1. The third-order valence-electron chi connectivity index (χ3n) is 3.16. The lowest BCUT2D eigenvalue weighted by atomic mass is 10.2. The molecule has 0 atom stereocenters. The van der Waals surface area contributed by atoms with Crippen molar-refractivity contribution in [1.82, 2.24) is 21.3 Å². The van der Waals surface area contributed by atoms with Gasteiger partial charge in [0.1, 0.15) is 13.2 Å². The smallest absolute Gasteiger partial charge is 0.407 e. The van der Waals surface area contributed by atoms with E-state index in [1.807, 2.05) is 6.07 Å². The van der Waals surface area contributed by atoms with Crippen molar-refractivity contribution >= 4 is 29.8 Å². The first-order valence-corrected chi connectivity index (χ1v) is 8.33. The molecule has 0 aliphatic heterocycles. The normalized spacial score (nSPS) is 9.71.